The molecule has 4 heteroatoms. The van der Waals surface area contributed by atoms with Crippen molar-refractivity contribution in [1.82, 2.24) is 14.9 Å². The third-order valence-corrected chi connectivity index (χ3v) is 4.02. The van der Waals surface area contributed by atoms with Crippen molar-refractivity contribution in [3.8, 4) is 0 Å². The quantitative estimate of drug-likeness (QED) is 0.851. The highest BCUT2D eigenvalue weighted by atomic mass is 16.5. The van der Waals surface area contributed by atoms with Crippen LogP contribution < -0.4 is 5.32 Å². The Bertz CT molecular complexity index is 589. The Balaban J connectivity index is 1.92. The third-order valence-electron chi connectivity index (χ3n) is 4.02. The molecule has 0 amide bonds. The molecule has 1 aromatic heterocycles. The molecule has 0 aliphatic rings. The lowest BCUT2D eigenvalue weighted by Gasteiger charge is -2.27. The van der Waals surface area contributed by atoms with E-state index in [0.717, 1.165) is 30.9 Å². The number of imidazole rings is 1. The van der Waals surface area contributed by atoms with Crippen LogP contribution in [0.2, 0.25) is 0 Å². The number of nitrogens with zero attached hydrogens (tertiary/aromatic N) is 2. The number of methoxy groups -OCH3 is 1. The number of ether oxygens (including phenoxy) is 1. The largest absolute Gasteiger partial charge is 0.379 e. The maximum atomic E-state index is 5.48. The van der Waals surface area contributed by atoms with E-state index in [4.69, 9.17) is 4.74 Å². The van der Waals surface area contributed by atoms with Crippen LogP contribution in [0.25, 0.3) is 11.0 Å². The van der Waals surface area contributed by atoms with Crippen LogP contribution in [0.15, 0.2) is 24.3 Å². The molecule has 116 valence electrons. The Morgan fingerprint density at radius 3 is 2.76 bits per heavy atom. The van der Waals surface area contributed by atoms with E-state index < -0.39 is 0 Å². The zero-order valence-corrected chi connectivity index (χ0v) is 13.8. The van der Waals surface area contributed by atoms with Gasteiger partial charge in [-0.1, -0.05) is 12.1 Å². The summed E-state index contributed by atoms with van der Waals surface area (Å²) in [5.41, 5.74) is 2.20. The van der Waals surface area contributed by atoms with E-state index in [2.05, 4.69) is 60.8 Å². The monoisotopic (exact) mass is 289 g/mol. The maximum absolute atomic E-state index is 5.48. The van der Waals surface area contributed by atoms with Gasteiger partial charge in [0.15, 0.2) is 0 Å². The van der Waals surface area contributed by atoms with E-state index in [-0.39, 0.29) is 5.60 Å². The fourth-order valence-electron chi connectivity index (χ4n) is 2.79. The van der Waals surface area contributed by atoms with Crippen LogP contribution in [0.3, 0.4) is 0 Å². The fourth-order valence-corrected chi connectivity index (χ4v) is 2.79. The van der Waals surface area contributed by atoms with E-state index in [1.807, 2.05) is 6.07 Å². The highest BCUT2D eigenvalue weighted by molar-refractivity contribution is 5.75. The van der Waals surface area contributed by atoms with Crippen LogP contribution in [0.4, 0.5) is 0 Å². The summed E-state index contributed by atoms with van der Waals surface area (Å²) < 4.78 is 7.76. The number of para-hydroxylation sites is 2. The van der Waals surface area contributed by atoms with Gasteiger partial charge in [0.05, 0.1) is 16.6 Å². The van der Waals surface area contributed by atoms with Crippen LogP contribution >= 0.6 is 0 Å². The number of hydrogen-bond donors (Lipinski definition) is 1. The van der Waals surface area contributed by atoms with Gasteiger partial charge in [-0.3, -0.25) is 0 Å². The van der Waals surface area contributed by atoms with Gasteiger partial charge < -0.3 is 14.6 Å². The Labute approximate surface area is 127 Å². The molecule has 1 heterocycles. The molecule has 1 N–H and O–H groups in total. The number of benzene rings is 1. The lowest BCUT2D eigenvalue weighted by molar-refractivity contribution is 0.00856. The van der Waals surface area contributed by atoms with Crippen LogP contribution in [0.1, 0.15) is 33.0 Å². The molecule has 0 spiro atoms. The van der Waals surface area contributed by atoms with Crippen molar-refractivity contribution in [1.29, 1.82) is 0 Å². The normalized spacial score (nSPS) is 13.8. The Hall–Kier alpha value is -1.39. The lowest BCUT2D eigenvalue weighted by Crippen LogP contribution is -2.37. The Kier molecular flexibility index (Phi) is 5.01. The molecule has 2 aromatic rings. The number of fused-ring (bicyclic) bond motifs is 1. The first kappa shape index (κ1) is 16.0. The molecule has 0 saturated heterocycles. The van der Waals surface area contributed by atoms with E-state index in [1.165, 1.54) is 5.52 Å². The average Bonchev–Trinajstić information content (AvgIpc) is 2.75. The van der Waals surface area contributed by atoms with Gasteiger partial charge in [-0.05, 0) is 46.2 Å². The number of rotatable bonds is 7. The number of aryl methyl sites for hydroxylation is 1. The number of hydrogen-bond acceptors (Lipinski definition) is 3. The van der Waals surface area contributed by atoms with Gasteiger partial charge in [0, 0.05) is 26.2 Å². The second-order valence-corrected chi connectivity index (χ2v) is 6.32. The molecular weight excluding hydrogens is 262 g/mol. The number of aromatic nitrogens is 2. The summed E-state index contributed by atoms with van der Waals surface area (Å²) in [6.07, 6.45) is 0.993. The third kappa shape index (κ3) is 4.05. The zero-order valence-electron chi connectivity index (χ0n) is 13.8. The van der Waals surface area contributed by atoms with Crippen LogP contribution in [-0.2, 0) is 11.3 Å². The lowest BCUT2D eigenvalue weighted by atomic mass is 10.00. The highest BCUT2D eigenvalue weighted by Gasteiger charge is 2.19. The molecule has 0 aliphatic carbocycles. The van der Waals surface area contributed by atoms with Crippen molar-refractivity contribution in [2.75, 3.05) is 13.7 Å². The maximum Gasteiger partial charge on any atom is 0.106 e. The van der Waals surface area contributed by atoms with Gasteiger partial charge in [0.1, 0.15) is 5.82 Å². The minimum atomic E-state index is -0.0793. The van der Waals surface area contributed by atoms with E-state index >= 15 is 0 Å². The van der Waals surface area contributed by atoms with Gasteiger partial charge in [-0.2, -0.15) is 0 Å². The minimum Gasteiger partial charge on any atom is -0.379 e. The molecule has 1 unspecified atom stereocenters. The van der Waals surface area contributed by atoms with E-state index in [1.54, 1.807) is 7.11 Å². The van der Waals surface area contributed by atoms with Gasteiger partial charge >= 0.3 is 0 Å². The first-order valence-electron chi connectivity index (χ1n) is 7.63. The summed E-state index contributed by atoms with van der Waals surface area (Å²) in [5, 5.41) is 3.57. The van der Waals surface area contributed by atoms with Gasteiger partial charge in [0.25, 0.3) is 0 Å². The van der Waals surface area contributed by atoms with Crippen LogP contribution in [0, 0.1) is 6.92 Å². The zero-order chi connectivity index (χ0) is 15.5. The summed E-state index contributed by atoms with van der Waals surface area (Å²) in [7, 11) is 1.77. The molecular formula is C17H27N3O. The smallest absolute Gasteiger partial charge is 0.106 e. The SMILES string of the molecule is COC(C)(C)CC(C)NCCn1c(C)nc2ccccc21. The molecule has 21 heavy (non-hydrogen) atoms. The molecule has 0 saturated carbocycles. The molecule has 0 fully saturated rings. The van der Waals surface area contributed by atoms with Crippen molar-refractivity contribution in [2.24, 2.45) is 0 Å². The second-order valence-electron chi connectivity index (χ2n) is 6.32. The molecule has 0 bridgehead atoms. The molecule has 4 nitrogen and oxygen atoms in total. The van der Waals surface area contributed by atoms with Crippen LogP contribution in [-0.4, -0.2) is 34.8 Å². The molecule has 1 aromatic carbocycles. The van der Waals surface area contributed by atoms with Gasteiger partial charge in [-0.15, -0.1) is 0 Å². The van der Waals surface area contributed by atoms with E-state index in [9.17, 15) is 0 Å². The molecule has 2 rings (SSSR count). The van der Waals surface area contributed by atoms with E-state index in [0.29, 0.717) is 6.04 Å². The fraction of sp³-hybridized carbons (Fsp3) is 0.588. The predicted octanol–water partition coefficient (Wildman–Crippen LogP) is 3.14. The Morgan fingerprint density at radius 1 is 1.33 bits per heavy atom. The topological polar surface area (TPSA) is 39.1 Å². The molecule has 0 radical (unpaired) electrons. The summed E-state index contributed by atoms with van der Waals surface area (Å²) in [4.78, 5) is 4.60. The Morgan fingerprint density at radius 2 is 2.05 bits per heavy atom. The van der Waals surface area contributed by atoms with Crippen molar-refractivity contribution in [2.45, 2.75) is 52.3 Å². The summed E-state index contributed by atoms with van der Waals surface area (Å²) >= 11 is 0. The molecule has 1 atom stereocenters. The average molecular weight is 289 g/mol. The minimum absolute atomic E-state index is 0.0793. The first-order chi connectivity index (χ1) is 9.93. The van der Waals surface area contributed by atoms with Crippen LogP contribution in [0.5, 0.6) is 0 Å². The molecule has 0 aliphatic heterocycles. The first-order valence-corrected chi connectivity index (χ1v) is 7.63. The highest BCUT2D eigenvalue weighted by Crippen LogP contribution is 2.16. The standard InChI is InChI=1S/C17H27N3O/c1-13(12-17(3,4)21-5)18-10-11-20-14(2)19-15-8-6-7-9-16(15)20/h6-9,13,18H,10-12H2,1-5H3. The van der Waals surface area contributed by atoms with Gasteiger partial charge in [-0.25, -0.2) is 4.98 Å². The summed E-state index contributed by atoms with van der Waals surface area (Å²) in [6, 6.07) is 8.72. The second kappa shape index (κ2) is 6.58. The van der Waals surface area contributed by atoms with Crippen molar-refractivity contribution >= 4 is 11.0 Å². The summed E-state index contributed by atoms with van der Waals surface area (Å²) in [5.74, 6) is 1.07. The summed E-state index contributed by atoms with van der Waals surface area (Å²) in [6.45, 7) is 10.4. The predicted molar refractivity (Wildman–Crippen MR) is 87.6 cm³/mol. The van der Waals surface area contributed by atoms with Crippen molar-refractivity contribution in [3.63, 3.8) is 0 Å². The number of nitrogens with one attached hydrogen (secondary N) is 1. The van der Waals surface area contributed by atoms with Gasteiger partial charge in [0.2, 0.25) is 0 Å². The van der Waals surface area contributed by atoms with Crippen molar-refractivity contribution < 1.29 is 4.74 Å². The van der Waals surface area contributed by atoms with Crippen molar-refractivity contribution in [3.05, 3.63) is 30.1 Å².